The Bertz CT molecular complexity index is 836. The SMILES string of the molecule is CCC[C@@H](NC(=O)[C@@H](C)N1CCN(Cc2ccc(C#N)cc2)CC1)c1ccccc1. The van der Waals surface area contributed by atoms with Crippen LogP contribution < -0.4 is 5.32 Å². The van der Waals surface area contributed by atoms with Crippen molar-refractivity contribution >= 4 is 5.91 Å². The fourth-order valence-electron chi connectivity index (χ4n) is 4.01. The van der Waals surface area contributed by atoms with Gasteiger partial charge in [0.05, 0.1) is 23.7 Å². The van der Waals surface area contributed by atoms with E-state index in [-0.39, 0.29) is 18.0 Å². The van der Waals surface area contributed by atoms with Gasteiger partial charge in [-0.25, -0.2) is 0 Å². The lowest BCUT2D eigenvalue weighted by Crippen LogP contribution is -2.53. The van der Waals surface area contributed by atoms with E-state index in [1.807, 2.05) is 49.4 Å². The Morgan fingerprint density at radius 2 is 1.73 bits per heavy atom. The Balaban J connectivity index is 1.50. The van der Waals surface area contributed by atoms with Gasteiger partial charge in [-0.2, -0.15) is 5.26 Å². The van der Waals surface area contributed by atoms with Gasteiger partial charge in [0.1, 0.15) is 0 Å². The predicted molar refractivity (Wildman–Crippen MR) is 120 cm³/mol. The second-order valence-electron chi connectivity index (χ2n) is 8.06. The van der Waals surface area contributed by atoms with Crippen LogP contribution in [-0.4, -0.2) is 47.9 Å². The maximum absolute atomic E-state index is 12.9. The summed E-state index contributed by atoms with van der Waals surface area (Å²) < 4.78 is 0. The normalized spacial score (nSPS) is 17.1. The summed E-state index contributed by atoms with van der Waals surface area (Å²) >= 11 is 0. The highest BCUT2D eigenvalue weighted by Crippen LogP contribution is 2.19. The Kier molecular flexibility index (Phi) is 8.01. The van der Waals surface area contributed by atoms with Gasteiger partial charge in [0, 0.05) is 32.7 Å². The van der Waals surface area contributed by atoms with E-state index in [9.17, 15) is 4.79 Å². The molecule has 1 aliphatic rings. The molecule has 0 aromatic heterocycles. The van der Waals surface area contributed by atoms with E-state index >= 15 is 0 Å². The summed E-state index contributed by atoms with van der Waals surface area (Å²) in [4.78, 5) is 17.6. The third-order valence-corrected chi connectivity index (χ3v) is 5.92. The van der Waals surface area contributed by atoms with Crippen LogP contribution in [0.5, 0.6) is 0 Å². The summed E-state index contributed by atoms with van der Waals surface area (Å²) in [6, 6.07) is 20.1. The Labute approximate surface area is 180 Å². The van der Waals surface area contributed by atoms with Gasteiger partial charge in [-0.15, -0.1) is 0 Å². The van der Waals surface area contributed by atoms with E-state index in [0.29, 0.717) is 5.56 Å². The van der Waals surface area contributed by atoms with Crippen LogP contribution in [0.4, 0.5) is 0 Å². The van der Waals surface area contributed by atoms with Crippen molar-refractivity contribution in [2.24, 2.45) is 0 Å². The molecule has 0 radical (unpaired) electrons. The Morgan fingerprint density at radius 1 is 1.07 bits per heavy atom. The molecule has 0 bridgehead atoms. The zero-order valence-corrected chi connectivity index (χ0v) is 18.1. The summed E-state index contributed by atoms with van der Waals surface area (Å²) in [7, 11) is 0. The molecule has 2 atom stereocenters. The first-order valence-electron chi connectivity index (χ1n) is 10.9. The van der Waals surface area contributed by atoms with E-state index in [1.54, 1.807) is 0 Å². The number of hydrogen-bond acceptors (Lipinski definition) is 4. The first-order chi connectivity index (χ1) is 14.6. The van der Waals surface area contributed by atoms with Crippen molar-refractivity contribution in [1.82, 2.24) is 15.1 Å². The highest BCUT2D eigenvalue weighted by Gasteiger charge is 2.27. The molecule has 3 rings (SSSR count). The van der Waals surface area contributed by atoms with Crippen molar-refractivity contribution in [1.29, 1.82) is 5.26 Å². The number of piperazine rings is 1. The van der Waals surface area contributed by atoms with E-state index < -0.39 is 0 Å². The number of carbonyl (C=O) groups excluding carboxylic acids is 1. The topological polar surface area (TPSA) is 59.4 Å². The molecule has 1 aliphatic heterocycles. The number of benzene rings is 2. The van der Waals surface area contributed by atoms with Crippen LogP contribution in [0.15, 0.2) is 54.6 Å². The number of nitrogens with zero attached hydrogens (tertiary/aromatic N) is 3. The van der Waals surface area contributed by atoms with E-state index in [0.717, 1.165) is 45.6 Å². The van der Waals surface area contributed by atoms with Crippen molar-refractivity contribution in [2.45, 2.75) is 45.3 Å². The number of rotatable bonds is 8. The number of nitrogens with one attached hydrogen (secondary N) is 1. The van der Waals surface area contributed by atoms with Gasteiger partial charge in [0.2, 0.25) is 5.91 Å². The smallest absolute Gasteiger partial charge is 0.237 e. The maximum Gasteiger partial charge on any atom is 0.237 e. The second kappa shape index (κ2) is 10.9. The Hall–Kier alpha value is -2.68. The molecule has 5 nitrogen and oxygen atoms in total. The molecule has 0 unspecified atom stereocenters. The molecule has 0 aliphatic carbocycles. The minimum Gasteiger partial charge on any atom is -0.348 e. The molecule has 1 heterocycles. The molecule has 30 heavy (non-hydrogen) atoms. The summed E-state index contributed by atoms with van der Waals surface area (Å²) in [6.07, 6.45) is 1.98. The van der Waals surface area contributed by atoms with Crippen LogP contribution in [0.1, 0.15) is 49.4 Å². The molecule has 158 valence electrons. The predicted octanol–water partition coefficient (Wildman–Crippen LogP) is 3.72. The Morgan fingerprint density at radius 3 is 2.33 bits per heavy atom. The fraction of sp³-hybridized carbons (Fsp3) is 0.440. The summed E-state index contributed by atoms with van der Waals surface area (Å²) in [5, 5.41) is 12.2. The molecule has 1 saturated heterocycles. The quantitative estimate of drug-likeness (QED) is 0.728. The van der Waals surface area contributed by atoms with E-state index in [2.05, 4.69) is 40.2 Å². The summed E-state index contributed by atoms with van der Waals surface area (Å²) in [5.74, 6) is 0.109. The van der Waals surface area contributed by atoms with Gasteiger partial charge in [-0.05, 0) is 36.6 Å². The van der Waals surface area contributed by atoms with E-state index in [4.69, 9.17) is 5.26 Å². The van der Waals surface area contributed by atoms with Gasteiger partial charge >= 0.3 is 0 Å². The highest BCUT2D eigenvalue weighted by atomic mass is 16.2. The molecule has 0 spiro atoms. The molecule has 2 aromatic carbocycles. The molecule has 2 aromatic rings. The number of hydrogen-bond donors (Lipinski definition) is 1. The minimum absolute atomic E-state index is 0.0730. The van der Waals surface area contributed by atoms with Crippen molar-refractivity contribution in [3.63, 3.8) is 0 Å². The van der Waals surface area contributed by atoms with Crippen molar-refractivity contribution in [2.75, 3.05) is 26.2 Å². The van der Waals surface area contributed by atoms with Gasteiger partial charge in [-0.3, -0.25) is 14.6 Å². The van der Waals surface area contributed by atoms with Gasteiger partial charge in [0.25, 0.3) is 0 Å². The van der Waals surface area contributed by atoms with Crippen molar-refractivity contribution < 1.29 is 4.79 Å². The third kappa shape index (κ3) is 5.91. The summed E-state index contributed by atoms with van der Waals surface area (Å²) in [6.45, 7) is 8.69. The average Bonchev–Trinajstić information content (AvgIpc) is 2.80. The summed E-state index contributed by atoms with van der Waals surface area (Å²) in [5.41, 5.74) is 3.09. The first kappa shape index (κ1) is 22.0. The largest absolute Gasteiger partial charge is 0.348 e. The lowest BCUT2D eigenvalue weighted by Gasteiger charge is -2.38. The van der Waals surface area contributed by atoms with Crippen molar-refractivity contribution in [3.05, 3.63) is 71.3 Å². The zero-order valence-electron chi connectivity index (χ0n) is 18.1. The number of nitriles is 1. The van der Waals surface area contributed by atoms with Crippen molar-refractivity contribution in [3.8, 4) is 6.07 Å². The van der Waals surface area contributed by atoms with E-state index in [1.165, 1.54) is 11.1 Å². The molecule has 1 fully saturated rings. The van der Waals surface area contributed by atoms with Crippen LogP contribution >= 0.6 is 0 Å². The molecule has 1 N–H and O–H groups in total. The first-order valence-corrected chi connectivity index (χ1v) is 10.9. The maximum atomic E-state index is 12.9. The lowest BCUT2D eigenvalue weighted by atomic mass is 10.0. The molecular weight excluding hydrogens is 372 g/mol. The monoisotopic (exact) mass is 404 g/mol. The molecule has 5 heteroatoms. The van der Waals surface area contributed by atoms with Crippen LogP contribution in [0, 0.1) is 11.3 Å². The average molecular weight is 405 g/mol. The second-order valence-corrected chi connectivity index (χ2v) is 8.06. The zero-order chi connectivity index (χ0) is 21.3. The number of amides is 1. The highest BCUT2D eigenvalue weighted by molar-refractivity contribution is 5.81. The number of carbonyl (C=O) groups is 1. The standard InChI is InChI=1S/C25H32N4O/c1-3-7-24(23-8-5-4-6-9-23)27-25(30)20(2)29-16-14-28(15-17-29)19-22-12-10-21(18-26)11-13-22/h4-6,8-13,20,24H,3,7,14-17,19H2,1-2H3,(H,27,30)/t20-,24-/m1/s1. The van der Waals surface area contributed by atoms with Crippen LogP contribution in [0.25, 0.3) is 0 Å². The third-order valence-electron chi connectivity index (χ3n) is 5.92. The van der Waals surface area contributed by atoms with Gasteiger partial charge < -0.3 is 5.32 Å². The lowest BCUT2D eigenvalue weighted by molar-refractivity contribution is -0.127. The van der Waals surface area contributed by atoms with Crippen LogP contribution in [0.3, 0.4) is 0 Å². The fourth-order valence-corrected chi connectivity index (χ4v) is 4.01. The minimum atomic E-state index is -0.134. The van der Waals surface area contributed by atoms with Crippen LogP contribution in [0.2, 0.25) is 0 Å². The molecular formula is C25H32N4O. The molecule has 1 amide bonds. The van der Waals surface area contributed by atoms with Gasteiger partial charge in [-0.1, -0.05) is 55.8 Å². The molecule has 0 saturated carbocycles. The van der Waals surface area contributed by atoms with Crippen LogP contribution in [-0.2, 0) is 11.3 Å². The van der Waals surface area contributed by atoms with Gasteiger partial charge in [0.15, 0.2) is 0 Å².